The predicted molar refractivity (Wildman–Crippen MR) is 135 cm³/mol. The summed E-state index contributed by atoms with van der Waals surface area (Å²) in [5.74, 6) is -0.374. The first-order valence-electron chi connectivity index (χ1n) is 11.7. The topological polar surface area (TPSA) is 86.8 Å². The van der Waals surface area contributed by atoms with E-state index in [9.17, 15) is 18.0 Å². The molecule has 186 valence electrons. The fourth-order valence-corrected chi connectivity index (χ4v) is 4.74. The molecule has 1 N–H and O–H groups in total. The van der Waals surface area contributed by atoms with Crippen LogP contribution in [0.5, 0.6) is 0 Å². The third-order valence-electron chi connectivity index (χ3n) is 6.09. The molecule has 0 saturated heterocycles. The van der Waals surface area contributed by atoms with Crippen LogP contribution in [0.25, 0.3) is 0 Å². The molecule has 0 aliphatic heterocycles. The maximum atomic E-state index is 13.2. The number of rotatable bonds is 12. The van der Waals surface area contributed by atoms with Gasteiger partial charge in [0.05, 0.1) is 4.90 Å². The number of hydrogen-bond donors (Lipinski definition) is 1. The number of hydrogen-bond acceptors (Lipinski definition) is 4. The lowest BCUT2D eigenvalue weighted by atomic mass is 10.1. The molecule has 8 heteroatoms. The van der Waals surface area contributed by atoms with Gasteiger partial charge in [-0.2, -0.15) is 0 Å². The van der Waals surface area contributed by atoms with Crippen LogP contribution in [0.3, 0.4) is 0 Å². The second kappa shape index (κ2) is 12.7. The zero-order valence-corrected chi connectivity index (χ0v) is 21.6. The van der Waals surface area contributed by atoms with Gasteiger partial charge in [-0.1, -0.05) is 49.4 Å². The Kier molecular flexibility index (Phi) is 10.3. The van der Waals surface area contributed by atoms with Gasteiger partial charge in [0.25, 0.3) is 0 Å². The van der Waals surface area contributed by atoms with Crippen LogP contribution in [0.2, 0.25) is 0 Å². The minimum atomic E-state index is -3.61. The Bertz CT molecular complexity index is 1060. The van der Waals surface area contributed by atoms with Crippen LogP contribution in [0, 0.1) is 6.92 Å². The van der Waals surface area contributed by atoms with Crippen molar-refractivity contribution in [2.45, 2.75) is 70.5 Å². The Morgan fingerprint density at radius 1 is 1.00 bits per heavy atom. The largest absolute Gasteiger partial charge is 0.352 e. The molecule has 0 aromatic heterocycles. The molecule has 2 aromatic carbocycles. The van der Waals surface area contributed by atoms with Crippen molar-refractivity contribution in [3.8, 4) is 0 Å². The number of benzene rings is 2. The molecule has 0 heterocycles. The number of carbonyl (C=O) groups is 2. The van der Waals surface area contributed by atoms with Gasteiger partial charge < -0.3 is 10.2 Å². The highest BCUT2D eigenvalue weighted by Crippen LogP contribution is 2.17. The van der Waals surface area contributed by atoms with Gasteiger partial charge in [-0.05, 0) is 56.9 Å². The summed E-state index contributed by atoms with van der Waals surface area (Å²) in [6.45, 7) is 8.16. The van der Waals surface area contributed by atoms with E-state index in [1.807, 2.05) is 45.0 Å². The lowest BCUT2D eigenvalue weighted by Gasteiger charge is -2.30. The van der Waals surface area contributed by atoms with Crippen LogP contribution in [-0.4, -0.2) is 55.1 Å². The number of aryl methyl sites for hydroxylation is 1. The van der Waals surface area contributed by atoms with E-state index < -0.39 is 16.1 Å². The lowest BCUT2D eigenvalue weighted by Crippen LogP contribution is -2.49. The van der Waals surface area contributed by atoms with Gasteiger partial charge in [0.15, 0.2) is 0 Å². The second-order valence-corrected chi connectivity index (χ2v) is 10.7. The Morgan fingerprint density at radius 2 is 1.62 bits per heavy atom. The van der Waals surface area contributed by atoms with Gasteiger partial charge in [0.1, 0.15) is 6.04 Å². The maximum absolute atomic E-state index is 13.2. The molecule has 0 fully saturated rings. The fraction of sp³-hybridized carbons (Fsp3) is 0.462. The molecule has 0 bridgehead atoms. The molecule has 0 aliphatic carbocycles. The summed E-state index contributed by atoms with van der Waals surface area (Å²) in [5, 5.41) is 2.96. The van der Waals surface area contributed by atoms with Gasteiger partial charge in [-0.15, -0.1) is 0 Å². The average molecular weight is 488 g/mol. The van der Waals surface area contributed by atoms with Crippen LogP contribution < -0.4 is 5.32 Å². The molecule has 0 radical (unpaired) electrons. The van der Waals surface area contributed by atoms with Gasteiger partial charge in [0, 0.05) is 32.6 Å². The number of nitrogens with one attached hydrogen (secondary N) is 1. The predicted octanol–water partition coefficient (Wildman–Crippen LogP) is 3.73. The van der Waals surface area contributed by atoms with Crippen LogP contribution >= 0.6 is 0 Å². The highest BCUT2D eigenvalue weighted by molar-refractivity contribution is 7.89. The monoisotopic (exact) mass is 487 g/mol. The van der Waals surface area contributed by atoms with Gasteiger partial charge >= 0.3 is 0 Å². The van der Waals surface area contributed by atoms with Crippen molar-refractivity contribution in [1.82, 2.24) is 14.5 Å². The SMILES string of the molecule is CCC(C)NC(=O)C(C)N(Cc1ccccc1C)C(=O)CCCN(C)S(=O)(=O)c1ccccc1. The standard InChI is InChI=1S/C26H37N3O4S/c1-6-21(3)27-26(31)22(4)29(19-23-14-11-10-13-20(23)2)25(30)17-12-18-28(5)34(32,33)24-15-8-7-9-16-24/h7-11,13-16,21-22H,6,12,17-19H2,1-5H3,(H,27,31). The van der Waals surface area contributed by atoms with E-state index in [4.69, 9.17) is 0 Å². The zero-order chi connectivity index (χ0) is 25.3. The molecule has 0 aliphatic rings. The average Bonchev–Trinajstić information content (AvgIpc) is 2.83. The van der Waals surface area contributed by atoms with Crippen molar-refractivity contribution >= 4 is 21.8 Å². The quantitative estimate of drug-likeness (QED) is 0.494. The van der Waals surface area contributed by atoms with Crippen molar-refractivity contribution in [3.05, 3.63) is 65.7 Å². The zero-order valence-electron chi connectivity index (χ0n) is 20.8. The van der Waals surface area contributed by atoms with Crippen LogP contribution in [0.15, 0.2) is 59.5 Å². The molecule has 2 atom stereocenters. The van der Waals surface area contributed by atoms with E-state index in [0.717, 1.165) is 17.5 Å². The fourth-order valence-electron chi connectivity index (χ4n) is 3.51. The Hall–Kier alpha value is -2.71. The van der Waals surface area contributed by atoms with Crippen molar-refractivity contribution in [2.75, 3.05) is 13.6 Å². The summed E-state index contributed by atoms with van der Waals surface area (Å²) in [7, 11) is -2.10. The number of sulfonamides is 1. The van der Waals surface area contributed by atoms with Crippen LogP contribution in [-0.2, 0) is 26.2 Å². The Morgan fingerprint density at radius 3 is 2.24 bits per heavy atom. The molecular formula is C26H37N3O4S. The summed E-state index contributed by atoms with van der Waals surface area (Å²) in [6, 6.07) is 15.4. The summed E-state index contributed by atoms with van der Waals surface area (Å²) < 4.78 is 26.7. The smallest absolute Gasteiger partial charge is 0.242 e. The first kappa shape index (κ1) is 27.5. The van der Waals surface area contributed by atoms with E-state index in [-0.39, 0.29) is 35.7 Å². The number of carbonyl (C=O) groups excluding carboxylic acids is 2. The lowest BCUT2D eigenvalue weighted by molar-refractivity contribution is -0.141. The van der Waals surface area contributed by atoms with Crippen LogP contribution in [0.4, 0.5) is 0 Å². The maximum Gasteiger partial charge on any atom is 0.242 e. The number of nitrogens with zero attached hydrogens (tertiary/aromatic N) is 2. The van der Waals surface area contributed by atoms with E-state index in [1.165, 1.54) is 11.4 Å². The summed E-state index contributed by atoms with van der Waals surface area (Å²) in [5.41, 5.74) is 2.02. The summed E-state index contributed by atoms with van der Waals surface area (Å²) >= 11 is 0. The molecule has 2 aromatic rings. The minimum absolute atomic E-state index is 0.0159. The van der Waals surface area contributed by atoms with E-state index >= 15 is 0 Å². The molecule has 2 amide bonds. The third-order valence-corrected chi connectivity index (χ3v) is 7.96. The van der Waals surface area contributed by atoms with Crippen molar-refractivity contribution in [2.24, 2.45) is 0 Å². The van der Waals surface area contributed by atoms with Crippen molar-refractivity contribution in [3.63, 3.8) is 0 Å². The van der Waals surface area contributed by atoms with Gasteiger partial charge in [0.2, 0.25) is 21.8 Å². The molecule has 0 spiro atoms. The summed E-state index contributed by atoms with van der Waals surface area (Å²) in [6.07, 6.45) is 1.29. The van der Waals surface area contributed by atoms with E-state index in [0.29, 0.717) is 13.0 Å². The molecule has 0 saturated carbocycles. The highest BCUT2D eigenvalue weighted by Gasteiger charge is 2.27. The van der Waals surface area contributed by atoms with Gasteiger partial charge in [-0.3, -0.25) is 9.59 Å². The first-order chi connectivity index (χ1) is 16.1. The number of amides is 2. The molecule has 2 unspecified atom stereocenters. The highest BCUT2D eigenvalue weighted by atomic mass is 32.2. The molecule has 34 heavy (non-hydrogen) atoms. The van der Waals surface area contributed by atoms with Crippen LogP contribution in [0.1, 0.15) is 51.2 Å². The normalized spacial score (nSPS) is 13.4. The van der Waals surface area contributed by atoms with Crippen molar-refractivity contribution in [1.29, 1.82) is 0 Å². The minimum Gasteiger partial charge on any atom is -0.352 e. The van der Waals surface area contributed by atoms with Crippen molar-refractivity contribution < 1.29 is 18.0 Å². The Balaban J connectivity index is 2.10. The first-order valence-corrected chi connectivity index (χ1v) is 13.2. The van der Waals surface area contributed by atoms with E-state index in [1.54, 1.807) is 42.2 Å². The molecule has 7 nitrogen and oxygen atoms in total. The van der Waals surface area contributed by atoms with Gasteiger partial charge in [-0.25, -0.2) is 12.7 Å². The molecule has 2 rings (SSSR count). The van der Waals surface area contributed by atoms with E-state index in [2.05, 4.69) is 5.32 Å². The Labute approximate surface area is 204 Å². The summed E-state index contributed by atoms with van der Waals surface area (Å²) in [4.78, 5) is 27.9. The second-order valence-electron chi connectivity index (χ2n) is 8.69. The third kappa shape index (κ3) is 7.40. The molecular weight excluding hydrogens is 450 g/mol.